The van der Waals surface area contributed by atoms with Crippen LogP contribution in [0.15, 0.2) is 48.6 Å². The zero-order valence-electron chi connectivity index (χ0n) is 24.7. The second kappa shape index (κ2) is 25.1. The molecular weight excluding hydrogens is 578 g/mol. The largest absolute Gasteiger partial charge is 0.481 e. The molecule has 43 heavy (non-hydrogen) atoms. The Labute approximate surface area is 257 Å². The van der Waals surface area contributed by atoms with Crippen LogP contribution in [0.5, 0.6) is 0 Å². The maximum Gasteiger partial charge on any atom is 0.322 e. The third-order valence-corrected chi connectivity index (χ3v) is 7.36. The highest BCUT2D eigenvalue weighted by molar-refractivity contribution is 8.00. The fourth-order valence-corrected chi connectivity index (χ4v) is 4.75. The Kier molecular flexibility index (Phi) is 23.1. The first-order chi connectivity index (χ1) is 20.5. The molecule has 0 aliphatic rings. The van der Waals surface area contributed by atoms with Gasteiger partial charge in [-0.2, -0.15) is 0 Å². The highest BCUT2D eigenvalue weighted by Crippen LogP contribution is 2.22. The van der Waals surface area contributed by atoms with Crippen molar-refractivity contribution >= 4 is 41.5 Å². The Balaban J connectivity index is 5.38. The van der Waals surface area contributed by atoms with Crippen molar-refractivity contribution in [2.45, 2.75) is 94.6 Å². The number of aliphatic hydroxyl groups is 1. The van der Waals surface area contributed by atoms with E-state index in [2.05, 4.69) is 29.7 Å². The van der Waals surface area contributed by atoms with E-state index >= 15 is 0 Å². The first-order valence-electron chi connectivity index (χ1n) is 14.4. The monoisotopic (exact) mass is 625 g/mol. The third-order valence-electron chi connectivity index (χ3n) is 5.97. The number of unbranched alkanes of at least 4 members (excludes halogenated alkanes) is 3. The molecule has 2 amide bonds. The maximum absolute atomic E-state index is 12.6. The fourth-order valence-electron chi connectivity index (χ4n) is 3.54. The molecule has 0 aromatic rings. The number of hydrogen-bond acceptors (Lipinski definition) is 8. The normalized spacial score (nSPS) is 14.7. The average Bonchev–Trinajstić information content (AvgIpc) is 2.95. The molecule has 0 aliphatic carbocycles. The number of aliphatic carboxylic acids is 3. The summed E-state index contributed by atoms with van der Waals surface area (Å²) in [6.07, 6.45) is 19.5. The topological polar surface area (TPSA) is 216 Å². The molecule has 13 heteroatoms. The number of thioether (sulfide) groups is 1. The summed E-state index contributed by atoms with van der Waals surface area (Å²) in [5, 5.41) is 41.6. The van der Waals surface area contributed by atoms with Crippen LogP contribution in [0.25, 0.3) is 0 Å². The summed E-state index contributed by atoms with van der Waals surface area (Å²) in [6, 6.07) is -2.45. The minimum atomic E-state index is -1.28. The van der Waals surface area contributed by atoms with Gasteiger partial charge in [-0.25, -0.2) is 0 Å². The van der Waals surface area contributed by atoms with Crippen LogP contribution in [-0.2, 0) is 24.0 Å². The van der Waals surface area contributed by atoms with Crippen molar-refractivity contribution in [3.05, 3.63) is 48.6 Å². The number of carboxylic acid groups (broad SMARTS) is 3. The quantitative estimate of drug-likeness (QED) is 0.0444. The third kappa shape index (κ3) is 22.8. The molecule has 0 unspecified atom stereocenters. The van der Waals surface area contributed by atoms with Gasteiger partial charge in [0.2, 0.25) is 11.8 Å². The Morgan fingerprint density at radius 3 is 2.23 bits per heavy atom. The first kappa shape index (κ1) is 39.6. The lowest BCUT2D eigenvalue weighted by atomic mass is 10.1. The number of allylic oxidation sites excluding steroid dienone is 7. The van der Waals surface area contributed by atoms with E-state index in [1.807, 2.05) is 18.2 Å². The van der Waals surface area contributed by atoms with Crippen molar-refractivity contribution in [1.82, 2.24) is 10.6 Å². The zero-order valence-corrected chi connectivity index (χ0v) is 25.5. The predicted molar refractivity (Wildman–Crippen MR) is 166 cm³/mol. The minimum absolute atomic E-state index is 0.0542. The highest BCUT2D eigenvalue weighted by Gasteiger charge is 2.25. The number of hydrogen-bond donors (Lipinski definition) is 7. The van der Waals surface area contributed by atoms with Gasteiger partial charge < -0.3 is 36.8 Å². The molecule has 0 saturated carbocycles. The Bertz CT molecular complexity index is 982. The minimum Gasteiger partial charge on any atom is -0.481 e. The number of rotatable bonds is 25. The van der Waals surface area contributed by atoms with E-state index < -0.39 is 59.7 Å². The molecule has 4 atom stereocenters. The molecule has 0 radical (unpaired) electrons. The van der Waals surface area contributed by atoms with Crippen molar-refractivity contribution in [3.63, 3.8) is 0 Å². The van der Waals surface area contributed by atoms with Crippen LogP contribution in [0.4, 0.5) is 0 Å². The van der Waals surface area contributed by atoms with E-state index in [0.717, 1.165) is 24.6 Å². The summed E-state index contributed by atoms with van der Waals surface area (Å²) in [5.74, 6) is -5.01. The van der Waals surface area contributed by atoms with Crippen LogP contribution in [0, 0.1) is 0 Å². The molecule has 0 aromatic carbocycles. The predicted octanol–water partition coefficient (Wildman–Crippen LogP) is 2.78. The summed E-state index contributed by atoms with van der Waals surface area (Å²) in [7, 11) is 0. The molecule has 0 saturated heterocycles. The van der Waals surface area contributed by atoms with Gasteiger partial charge in [0.25, 0.3) is 0 Å². The second-order valence-corrected chi connectivity index (χ2v) is 11.0. The Morgan fingerprint density at radius 1 is 0.860 bits per heavy atom. The smallest absolute Gasteiger partial charge is 0.322 e. The molecular formula is C30H47N3O9S. The molecule has 0 aromatic heterocycles. The summed E-state index contributed by atoms with van der Waals surface area (Å²) in [5.41, 5.74) is 5.43. The van der Waals surface area contributed by atoms with Crippen molar-refractivity contribution in [2.75, 3.05) is 12.3 Å². The van der Waals surface area contributed by atoms with Gasteiger partial charge in [-0.05, 0) is 38.5 Å². The van der Waals surface area contributed by atoms with Crippen molar-refractivity contribution in [2.24, 2.45) is 5.73 Å². The van der Waals surface area contributed by atoms with Gasteiger partial charge >= 0.3 is 17.9 Å². The van der Waals surface area contributed by atoms with E-state index in [-0.39, 0.29) is 37.9 Å². The fraction of sp³-hybridized carbons (Fsp3) is 0.567. The molecule has 0 spiro atoms. The zero-order chi connectivity index (χ0) is 32.5. The second-order valence-electron chi connectivity index (χ2n) is 9.77. The lowest BCUT2D eigenvalue weighted by Gasteiger charge is -2.23. The van der Waals surface area contributed by atoms with Gasteiger partial charge in [0.05, 0.1) is 6.10 Å². The number of nitrogens with one attached hydrogen (secondary N) is 2. The summed E-state index contributed by atoms with van der Waals surface area (Å²) in [4.78, 5) is 57.8. The number of nitrogens with two attached hydrogens (primary N) is 1. The average molecular weight is 626 g/mol. The Morgan fingerprint density at radius 2 is 1.58 bits per heavy atom. The SMILES string of the molecule is CCCCC/C=C/C/C=C/C=C/C=C\[C@@H](SC[C@H](NC(=O)CC[C@H](N)C(=O)O)C(=O)NCC(=O)O)[C@@H](O)CCCC(=O)O. The van der Waals surface area contributed by atoms with Crippen LogP contribution < -0.4 is 16.4 Å². The Hall–Kier alpha value is -3.42. The van der Waals surface area contributed by atoms with Crippen molar-refractivity contribution < 1.29 is 44.4 Å². The van der Waals surface area contributed by atoms with E-state index in [4.69, 9.17) is 21.1 Å². The molecule has 0 heterocycles. The van der Waals surface area contributed by atoms with Gasteiger partial charge in [-0.15, -0.1) is 11.8 Å². The van der Waals surface area contributed by atoms with Crippen LogP contribution in [-0.4, -0.2) is 85.9 Å². The van der Waals surface area contributed by atoms with Crippen molar-refractivity contribution in [1.29, 1.82) is 0 Å². The molecule has 8 N–H and O–H groups in total. The van der Waals surface area contributed by atoms with Crippen LogP contribution in [0.1, 0.15) is 71.1 Å². The molecule has 0 rings (SSSR count). The molecule has 0 fully saturated rings. The van der Waals surface area contributed by atoms with Gasteiger partial charge in [-0.3, -0.25) is 24.0 Å². The van der Waals surface area contributed by atoms with E-state index in [0.29, 0.717) is 0 Å². The van der Waals surface area contributed by atoms with Crippen LogP contribution in [0.2, 0.25) is 0 Å². The van der Waals surface area contributed by atoms with Gasteiger partial charge in [0.15, 0.2) is 0 Å². The van der Waals surface area contributed by atoms with E-state index in [1.165, 1.54) is 19.3 Å². The molecule has 242 valence electrons. The maximum atomic E-state index is 12.6. The molecule has 0 bridgehead atoms. The summed E-state index contributed by atoms with van der Waals surface area (Å²) < 4.78 is 0. The highest BCUT2D eigenvalue weighted by atomic mass is 32.2. The van der Waals surface area contributed by atoms with Crippen LogP contribution >= 0.6 is 11.8 Å². The van der Waals surface area contributed by atoms with Gasteiger partial charge in [-0.1, -0.05) is 68.4 Å². The summed E-state index contributed by atoms with van der Waals surface area (Å²) >= 11 is 1.13. The lowest BCUT2D eigenvalue weighted by molar-refractivity contribution is -0.139. The first-order valence-corrected chi connectivity index (χ1v) is 15.5. The van der Waals surface area contributed by atoms with Gasteiger partial charge in [0.1, 0.15) is 18.6 Å². The lowest BCUT2D eigenvalue weighted by Crippen LogP contribution is -2.50. The number of carbonyl (C=O) groups is 5. The number of carbonyl (C=O) groups excluding carboxylic acids is 2. The number of aliphatic hydroxyl groups excluding tert-OH is 1. The van der Waals surface area contributed by atoms with Crippen LogP contribution in [0.3, 0.4) is 0 Å². The van der Waals surface area contributed by atoms with E-state index in [9.17, 15) is 29.1 Å². The standard InChI is InChI=1S/C30H47N3O9S/c1-2-3-4-5-6-7-8-9-10-11-12-13-16-25(24(34)15-14-17-27(36)37)43-21-23(29(40)32-20-28(38)39)33-26(35)19-18-22(31)30(41)42/h6-7,9-13,16,22-25,34H,2-5,8,14-15,17-21,31H2,1H3,(H,32,40)(H,33,35)(H,36,37)(H,38,39)(H,41,42)/b7-6+,10-9+,12-11+,16-13-/t22-,23-,24-,25+/m0/s1. The molecule has 0 aliphatic heterocycles. The number of amides is 2. The van der Waals surface area contributed by atoms with Crippen molar-refractivity contribution in [3.8, 4) is 0 Å². The molecule has 12 nitrogen and oxygen atoms in total. The summed E-state index contributed by atoms with van der Waals surface area (Å²) in [6.45, 7) is 1.49. The number of carboxylic acids is 3. The van der Waals surface area contributed by atoms with Gasteiger partial charge in [0, 0.05) is 23.8 Å². The van der Waals surface area contributed by atoms with E-state index in [1.54, 1.807) is 18.2 Å².